The second kappa shape index (κ2) is 10.0. The molecule has 1 aromatic carbocycles. The standard InChI is InChI=1S/C19H30ClN3O/c1-22(2)14-11-21-19(24)8-5-16-9-12-23(13-10-16)15-17-3-6-18(20)7-4-17/h3-4,6-7,16H,5,8-15H2,1-2H3,(H,21,24). The van der Waals surface area contributed by atoms with Crippen LogP contribution >= 0.6 is 11.6 Å². The molecule has 2 rings (SSSR count). The van der Waals surface area contributed by atoms with Gasteiger partial charge in [-0.3, -0.25) is 9.69 Å². The maximum absolute atomic E-state index is 11.8. The number of carbonyl (C=O) groups excluding carboxylic acids is 1. The van der Waals surface area contributed by atoms with Gasteiger partial charge in [0.1, 0.15) is 0 Å². The fourth-order valence-electron chi connectivity index (χ4n) is 3.12. The van der Waals surface area contributed by atoms with Crippen LogP contribution in [0.2, 0.25) is 5.02 Å². The van der Waals surface area contributed by atoms with Gasteiger partial charge in [-0.25, -0.2) is 0 Å². The Kier molecular flexibility index (Phi) is 8.03. The predicted molar refractivity (Wildman–Crippen MR) is 100 cm³/mol. The zero-order valence-corrected chi connectivity index (χ0v) is 15.7. The average Bonchev–Trinajstić information content (AvgIpc) is 2.56. The third kappa shape index (κ3) is 7.20. The average molecular weight is 352 g/mol. The fourth-order valence-corrected chi connectivity index (χ4v) is 3.25. The molecule has 1 aliphatic heterocycles. The van der Waals surface area contributed by atoms with Crippen molar-refractivity contribution in [1.29, 1.82) is 0 Å². The molecule has 0 atom stereocenters. The fraction of sp³-hybridized carbons (Fsp3) is 0.632. The Balaban J connectivity index is 1.60. The molecule has 0 bridgehead atoms. The van der Waals surface area contributed by atoms with E-state index in [1.165, 1.54) is 18.4 Å². The zero-order chi connectivity index (χ0) is 17.4. The SMILES string of the molecule is CN(C)CCNC(=O)CCC1CCN(Cc2ccc(Cl)cc2)CC1. The highest BCUT2D eigenvalue weighted by Gasteiger charge is 2.19. The second-order valence-corrected chi connectivity index (χ2v) is 7.47. The molecule has 1 saturated heterocycles. The van der Waals surface area contributed by atoms with Crippen molar-refractivity contribution in [2.24, 2.45) is 5.92 Å². The van der Waals surface area contributed by atoms with Crippen LogP contribution in [-0.2, 0) is 11.3 Å². The van der Waals surface area contributed by atoms with Gasteiger partial charge in [-0.2, -0.15) is 0 Å². The van der Waals surface area contributed by atoms with E-state index in [4.69, 9.17) is 11.6 Å². The van der Waals surface area contributed by atoms with Gasteiger partial charge < -0.3 is 10.2 Å². The summed E-state index contributed by atoms with van der Waals surface area (Å²) >= 11 is 5.93. The summed E-state index contributed by atoms with van der Waals surface area (Å²) in [5.74, 6) is 0.881. The summed E-state index contributed by atoms with van der Waals surface area (Å²) in [6.07, 6.45) is 4.06. The minimum absolute atomic E-state index is 0.195. The number of benzene rings is 1. The Morgan fingerprint density at radius 1 is 1.25 bits per heavy atom. The first kappa shape index (κ1) is 19.2. The molecule has 0 aliphatic carbocycles. The number of likely N-dealkylation sites (tertiary alicyclic amines) is 1. The van der Waals surface area contributed by atoms with Gasteiger partial charge in [0.15, 0.2) is 0 Å². The van der Waals surface area contributed by atoms with Crippen LogP contribution in [0.3, 0.4) is 0 Å². The number of carbonyl (C=O) groups is 1. The summed E-state index contributed by atoms with van der Waals surface area (Å²) in [6, 6.07) is 8.12. The molecule has 0 unspecified atom stereocenters. The Labute approximate surface area is 151 Å². The van der Waals surface area contributed by atoms with E-state index in [1.807, 2.05) is 26.2 Å². The normalized spacial score (nSPS) is 16.5. The van der Waals surface area contributed by atoms with Crippen molar-refractivity contribution in [3.63, 3.8) is 0 Å². The Bertz CT molecular complexity index is 496. The minimum Gasteiger partial charge on any atom is -0.355 e. The molecule has 1 aliphatic rings. The van der Waals surface area contributed by atoms with Gasteiger partial charge >= 0.3 is 0 Å². The van der Waals surface area contributed by atoms with Gasteiger partial charge in [-0.15, -0.1) is 0 Å². The van der Waals surface area contributed by atoms with Crippen LogP contribution in [0.25, 0.3) is 0 Å². The van der Waals surface area contributed by atoms with Crippen molar-refractivity contribution in [2.45, 2.75) is 32.2 Å². The van der Waals surface area contributed by atoms with Crippen molar-refractivity contribution in [2.75, 3.05) is 40.3 Å². The first-order chi connectivity index (χ1) is 11.5. The molecule has 0 spiro atoms. The molecule has 1 amide bonds. The third-order valence-electron chi connectivity index (χ3n) is 4.69. The maximum atomic E-state index is 11.8. The van der Waals surface area contributed by atoms with Crippen LogP contribution in [0.5, 0.6) is 0 Å². The lowest BCUT2D eigenvalue weighted by Crippen LogP contribution is -2.34. The van der Waals surface area contributed by atoms with Crippen LogP contribution in [0.1, 0.15) is 31.2 Å². The summed E-state index contributed by atoms with van der Waals surface area (Å²) in [4.78, 5) is 16.4. The quantitative estimate of drug-likeness (QED) is 0.782. The zero-order valence-electron chi connectivity index (χ0n) is 14.9. The van der Waals surface area contributed by atoms with E-state index in [0.29, 0.717) is 12.3 Å². The Hall–Kier alpha value is -1.10. The van der Waals surface area contributed by atoms with Crippen LogP contribution in [0.4, 0.5) is 0 Å². The maximum Gasteiger partial charge on any atom is 0.220 e. The van der Waals surface area contributed by atoms with Crippen molar-refractivity contribution in [3.05, 3.63) is 34.9 Å². The van der Waals surface area contributed by atoms with Crippen LogP contribution < -0.4 is 5.32 Å². The lowest BCUT2D eigenvalue weighted by molar-refractivity contribution is -0.121. The first-order valence-electron chi connectivity index (χ1n) is 8.91. The van der Waals surface area contributed by atoms with Gasteiger partial charge in [0, 0.05) is 31.1 Å². The molecular weight excluding hydrogens is 322 g/mol. The lowest BCUT2D eigenvalue weighted by atomic mass is 9.92. The topological polar surface area (TPSA) is 35.6 Å². The van der Waals surface area contributed by atoms with E-state index < -0.39 is 0 Å². The number of rotatable bonds is 8. The van der Waals surface area contributed by atoms with Gasteiger partial charge in [0.2, 0.25) is 5.91 Å². The van der Waals surface area contributed by atoms with E-state index in [2.05, 4.69) is 27.2 Å². The number of nitrogens with one attached hydrogen (secondary N) is 1. The minimum atomic E-state index is 0.195. The molecule has 0 radical (unpaired) electrons. The number of nitrogens with zero attached hydrogens (tertiary/aromatic N) is 2. The number of likely N-dealkylation sites (N-methyl/N-ethyl adjacent to an activating group) is 1. The highest BCUT2D eigenvalue weighted by molar-refractivity contribution is 6.30. The van der Waals surface area contributed by atoms with E-state index in [0.717, 1.165) is 44.2 Å². The van der Waals surface area contributed by atoms with E-state index >= 15 is 0 Å². The monoisotopic (exact) mass is 351 g/mol. The molecule has 1 heterocycles. The molecule has 0 aromatic heterocycles. The molecule has 24 heavy (non-hydrogen) atoms. The summed E-state index contributed by atoms with van der Waals surface area (Å²) in [6.45, 7) is 4.88. The van der Waals surface area contributed by atoms with Gasteiger partial charge in [-0.05, 0) is 70.1 Å². The van der Waals surface area contributed by atoms with Crippen LogP contribution in [0.15, 0.2) is 24.3 Å². The summed E-state index contributed by atoms with van der Waals surface area (Å²) in [7, 11) is 4.04. The van der Waals surface area contributed by atoms with Crippen molar-refractivity contribution < 1.29 is 4.79 Å². The molecule has 1 fully saturated rings. The third-order valence-corrected chi connectivity index (χ3v) is 4.94. The van der Waals surface area contributed by atoms with Gasteiger partial charge in [0.05, 0.1) is 0 Å². The largest absolute Gasteiger partial charge is 0.355 e. The van der Waals surface area contributed by atoms with Gasteiger partial charge in [-0.1, -0.05) is 23.7 Å². The highest BCUT2D eigenvalue weighted by Crippen LogP contribution is 2.23. The van der Waals surface area contributed by atoms with Crippen molar-refractivity contribution in [3.8, 4) is 0 Å². The smallest absolute Gasteiger partial charge is 0.220 e. The Morgan fingerprint density at radius 3 is 2.54 bits per heavy atom. The number of amides is 1. The molecule has 0 saturated carbocycles. The Morgan fingerprint density at radius 2 is 1.92 bits per heavy atom. The molecule has 4 nitrogen and oxygen atoms in total. The number of piperidine rings is 1. The summed E-state index contributed by atoms with van der Waals surface area (Å²) in [5.41, 5.74) is 1.32. The van der Waals surface area contributed by atoms with Crippen molar-refractivity contribution >= 4 is 17.5 Å². The molecule has 1 N–H and O–H groups in total. The van der Waals surface area contributed by atoms with Crippen molar-refractivity contribution in [1.82, 2.24) is 15.1 Å². The highest BCUT2D eigenvalue weighted by atomic mass is 35.5. The molecule has 5 heteroatoms. The number of hydrogen-bond donors (Lipinski definition) is 1. The van der Waals surface area contributed by atoms with E-state index in [1.54, 1.807) is 0 Å². The lowest BCUT2D eigenvalue weighted by Gasteiger charge is -2.32. The second-order valence-electron chi connectivity index (χ2n) is 7.04. The van der Waals surface area contributed by atoms with E-state index in [-0.39, 0.29) is 5.91 Å². The molecular formula is C19H30ClN3O. The van der Waals surface area contributed by atoms with E-state index in [9.17, 15) is 4.79 Å². The predicted octanol–water partition coefficient (Wildman–Crippen LogP) is 3.01. The summed E-state index contributed by atoms with van der Waals surface area (Å²) < 4.78 is 0. The number of hydrogen-bond acceptors (Lipinski definition) is 3. The first-order valence-corrected chi connectivity index (χ1v) is 9.29. The molecule has 1 aromatic rings. The van der Waals surface area contributed by atoms with Crippen LogP contribution in [0, 0.1) is 5.92 Å². The van der Waals surface area contributed by atoms with Gasteiger partial charge in [0.25, 0.3) is 0 Å². The number of halogens is 1. The summed E-state index contributed by atoms with van der Waals surface area (Å²) in [5, 5.41) is 3.79. The molecule has 134 valence electrons. The van der Waals surface area contributed by atoms with Crippen LogP contribution in [-0.4, -0.2) is 56.0 Å².